The van der Waals surface area contributed by atoms with Crippen molar-refractivity contribution in [1.29, 1.82) is 0 Å². The molecule has 1 N–H and O–H groups in total. The summed E-state index contributed by atoms with van der Waals surface area (Å²) in [6.45, 7) is 0. The molecule has 0 aromatic heterocycles. The minimum Gasteiger partial charge on any atom is -0.478 e. The number of benzene rings is 1. The summed E-state index contributed by atoms with van der Waals surface area (Å²) < 4.78 is 13.3. The summed E-state index contributed by atoms with van der Waals surface area (Å²) in [6.07, 6.45) is 5.15. The Labute approximate surface area is 87.0 Å². The third-order valence-corrected chi connectivity index (χ3v) is 2.61. The number of hydrogen-bond acceptors (Lipinski definition) is 1. The average Bonchev–Trinajstić information content (AvgIpc) is 2.69. The van der Waals surface area contributed by atoms with Crippen LogP contribution in [0.1, 0.15) is 35.2 Å². The predicted octanol–water partition coefficient (Wildman–Crippen LogP) is 3.09. The maximum atomic E-state index is 13.3. The summed E-state index contributed by atoms with van der Waals surface area (Å²) in [6, 6.07) is 4.30. The molecule has 2 nitrogen and oxygen atoms in total. The molecule has 0 unspecified atom stereocenters. The van der Waals surface area contributed by atoms with E-state index in [4.69, 9.17) is 5.11 Å². The molecule has 0 bridgehead atoms. The number of halogens is 1. The SMILES string of the molecule is O=C(O)c1ccc(C2=CCCC2)cc1F. The average molecular weight is 206 g/mol. The molecule has 0 heterocycles. The van der Waals surface area contributed by atoms with E-state index in [2.05, 4.69) is 6.08 Å². The van der Waals surface area contributed by atoms with Gasteiger partial charge in [-0.3, -0.25) is 0 Å². The molecule has 1 aliphatic rings. The van der Waals surface area contributed by atoms with E-state index < -0.39 is 11.8 Å². The van der Waals surface area contributed by atoms with E-state index in [9.17, 15) is 9.18 Å². The number of carboxylic acid groups (broad SMARTS) is 1. The van der Waals surface area contributed by atoms with Gasteiger partial charge in [0.25, 0.3) is 0 Å². The van der Waals surface area contributed by atoms with Gasteiger partial charge in [-0.05, 0) is 42.5 Å². The fraction of sp³-hybridized carbons (Fsp3) is 0.250. The van der Waals surface area contributed by atoms with Crippen molar-refractivity contribution in [3.05, 3.63) is 41.2 Å². The third kappa shape index (κ3) is 1.91. The lowest BCUT2D eigenvalue weighted by molar-refractivity contribution is 0.0692. The fourth-order valence-electron chi connectivity index (χ4n) is 1.82. The summed E-state index contributed by atoms with van der Waals surface area (Å²) >= 11 is 0. The van der Waals surface area contributed by atoms with Gasteiger partial charge in [0.15, 0.2) is 0 Å². The van der Waals surface area contributed by atoms with Crippen molar-refractivity contribution in [3.8, 4) is 0 Å². The molecular formula is C12H11FO2. The lowest BCUT2D eigenvalue weighted by Crippen LogP contribution is -2.00. The van der Waals surface area contributed by atoms with E-state index >= 15 is 0 Å². The molecule has 0 fully saturated rings. The smallest absolute Gasteiger partial charge is 0.338 e. The van der Waals surface area contributed by atoms with E-state index in [0.29, 0.717) is 0 Å². The number of carboxylic acids is 1. The van der Waals surface area contributed by atoms with Gasteiger partial charge in [-0.2, -0.15) is 0 Å². The highest BCUT2D eigenvalue weighted by Crippen LogP contribution is 2.28. The number of rotatable bonds is 2. The first-order valence-electron chi connectivity index (χ1n) is 4.91. The molecule has 1 aromatic rings. The number of aromatic carboxylic acids is 1. The Morgan fingerprint density at radius 1 is 1.40 bits per heavy atom. The highest BCUT2D eigenvalue weighted by atomic mass is 19.1. The van der Waals surface area contributed by atoms with E-state index in [0.717, 1.165) is 30.4 Å². The van der Waals surface area contributed by atoms with Crippen molar-refractivity contribution in [3.63, 3.8) is 0 Å². The lowest BCUT2D eigenvalue weighted by Gasteiger charge is -2.04. The second-order valence-electron chi connectivity index (χ2n) is 3.62. The molecule has 0 atom stereocenters. The zero-order valence-corrected chi connectivity index (χ0v) is 8.16. The van der Waals surface area contributed by atoms with Crippen LogP contribution in [-0.4, -0.2) is 11.1 Å². The van der Waals surface area contributed by atoms with Crippen molar-refractivity contribution in [2.45, 2.75) is 19.3 Å². The Bertz CT molecular complexity index is 435. The molecule has 0 saturated carbocycles. The van der Waals surface area contributed by atoms with Crippen LogP contribution < -0.4 is 0 Å². The van der Waals surface area contributed by atoms with E-state index in [1.54, 1.807) is 6.07 Å². The van der Waals surface area contributed by atoms with Crippen LogP contribution in [0.5, 0.6) is 0 Å². The largest absolute Gasteiger partial charge is 0.478 e. The molecule has 0 spiro atoms. The highest BCUT2D eigenvalue weighted by molar-refractivity contribution is 5.88. The molecule has 0 saturated heterocycles. The molecule has 2 rings (SSSR count). The molecule has 78 valence electrons. The topological polar surface area (TPSA) is 37.3 Å². The Morgan fingerprint density at radius 3 is 2.73 bits per heavy atom. The molecule has 15 heavy (non-hydrogen) atoms. The number of carbonyl (C=O) groups is 1. The monoisotopic (exact) mass is 206 g/mol. The first kappa shape index (κ1) is 9.90. The van der Waals surface area contributed by atoms with Crippen LogP contribution in [-0.2, 0) is 0 Å². The van der Waals surface area contributed by atoms with Gasteiger partial charge >= 0.3 is 5.97 Å². The summed E-state index contributed by atoms with van der Waals surface area (Å²) in [5, 5.41) is 8.67. The quantitative estimate of drug-likeness (QED) is 0.807. The Kier molecular flexibility index (Phi) is 2.54. The summed E-state index contributed by atoms with van der Waals surface area (Å²) in [5.74, 6) is -1.88. The third-order valence-electron chi connectivity index (χ3n) is 2.61. The first-order valence-corrected chi connectivity index (χ1v) is 4.91. The molecule has 0 aliphatic heterocycles. The summed E-state index contributed by atoms with van der Waals surface area (Å²) in [5.41, 5.74) is 1.65. The fourth-order valence-corrected chi connectivity index (χ4v) is 1.82. The summed E-state index contributed by atoms with van der Waals surface area (Å²) in [7, 11) is 0. The van der Waals surface area contributed by atoms with Crippen LogP contribution in [0.4, 0.5) is 4.39 Å². The van der Waals surface area contributed by atoms with E-state index in [1.807, 2.05) is 0 Å². The van der Waals surface area contributed by atoms with Crippen LogP contribution in [0, 0.1) is 5.82 Å². The van der Waals surface area contributed by atoms with Crippen molar-refractivity contribution >= 4 is 11.5 Å². The van der Waals surface area contributed by atoms with Crippen LogP contribution in [0.3, 0.4) is 0 Å². The zero-order chi connectivity index (χ0) is 10.8. The number of hydrogen-bond donors (Lipinski definition) is 1. The van der Waals surface area contributed by atoms with Gasteiger partial charge < -0.3 is 5.11 Å². The van der Waals surface area contributed by atoms with Gasteiger partial charge in [0, 0.05) is 0 Å². The highest BCUT2D eigenvalue weighted by Gasteiger charge is 2.13. The maximum Gasteiger partial charge on any atom is 0.338 e. The van der Waals surface area contributed by atoms with Gasteiger partial charge in [-0.15, -0.1) is 0 Å². The summed E-state index contributed by atoms with van der Waals surface area (Å²) in [4.78, 5) is 10.6. The van der Waals surface area contributed by atoms with Crippen molar-refractivity contribution in [1.82, 2.24) is 0 Å². The minimum absolute atomic E-state index is 0.266. The Balaban J connectivity index is 2.37. The van der Waals surface area contributed by atoms with Gasteiger partial charge in [0.1, 0.15) is 5.82 Å². The molecule has 0 amide bonds. The van der Waals surface area contributed by atoms with Gasteiger partial charge in [0.05, 0.1) is 5.56 Å². The van der Waals surface area contributed by atoms with Crippen LogP contribution in [0.2, 0.25) is 0 Å². The second kappa shape index (κ2) is 3.85. The molecule has 1 aromatic carbocycles. The van der Waals surface area contributed by atoms with Crippen LogP contribution in [0.15, 0.2) is 24.3 Å². The normalized spacial score (nSPS) is 15.1. The number of allylic oxidation sites excluding steroid dienone is 2. The molecule has 0 radical (unpaired) electrons. The van der Waals surface area contributed by atoms with Crippen LogP contribution in [0.25, 0.3) is 5.57 Å². The maximum absolute atomic E-state index is 13.3. The Morgan fingerprint density at radius 2 is 2.20 bits per heavy atom. The molecule has 1 aliphatic carbocycles. The van der Waals surface area contributed by atoms with Crippen molar-refractivity contribution < 1.29 is 14.3 Å². The second-order valence-corrected chi connectivity index (χ2v) is 3.62. The predicted molar refractivity (Wildman–Crippen MR) is 55.2 cm³/mol. The van der Waals surface area contributed by atoms with Crippen LogP contribution >= 0.6 is 0 Å². The van der Waals surface area contributed by atoms with Gasteiger partial charge in [-0.25, -0.2) is 9.18 Å². The molecular weight excluding hydrogens is 195 g/mol. The lowest BCUT2D eigenvalue weighted by atomic mass is 10.0. The Hall–Kier alpha value is -1.64. The van der Waals surface area contributed by atoms with Gasteiger partial charge in [0.2, 0.25) is 0 Å². The molecule has 3 heteroatoms. The van der Waals surface area contributed by atoms with E-state index in [1.165, 1.54) is 12.1 Å². The van der Waals surface area contributed by atoms with E-state index in [-0.39, 0.29) is 5.56 Å². The minimum atomic E-state index is -1.22. The van der Waals surface area contributed by atoms with Crippen molar-refractivity contribution in [2.75, 3.05) is 0 Å². The standard InChI is InChI=1S/C12H11FO2/c13-11-7-9(8-3-1-2-4-8)5-6-10(11)12(14)15/h3,5-7H,1-2,4H2,(H,14,15). The first-order chi connectivity index (χ1) is 7.18. The zero-order valence-electron chi connectivity index (χ0n) is 8.16. The van der Waals surface area contributed by atoms with Gasteiger partial charge in [-0.1, -0.05) is 12.1 Å². The van der Waals surface area contributed by atoms with Crippen molar-refractivity contribution in [2.24, 2.45) is 0 Å².